The molecule has 0 saturated carbocycles. The van der Waals surface area contributed by atoms with Crippen molar-refractivity contribution >= 4 is 28.5 Å². The highest BCUT2D eigenvalue weighted by atomic mass is 16.2. The highest BCUT2D eigenvalue weighted by Crippen LogP contribution is 2.24. The number of rotatable bonds is 6. The summed E-state index contributed by atoms with van der Waals surface area (Å²) in [6.07, 6.45) is 3.32. The van der Waals surface area contributed by atoms with Gasteiger partial charge in [-0.2, -0.15) is 0 Å². The van der Waals surface area contributed by atoms with Crippen LogP contribution in [0.4, 0.5) is 5.69 Å². The van der Waals surface area contributed by atoms with Crippen molar-refractivity contribution in [1.29, 1.82) is 0 Å². The number of hydrogen-bond donors (Lipinski definition) is 2. The number of para-hydroxylation sites is 2. The number of amides is 2. The Labute approximate surface area is 180 Å². The van der Waals surface area contributed by atoms with E-state index in [1.54, 1.807) is 31.6 Å². The van der Waals surface area contributed by atoms with Crippen LogP contribution in [0.2, 0.25) is 0 Å². The van der Waals surface area contributed by atoms with Gasteiger partial charge < -0.3 is 15.2 Å². The third kappa shape index (κ3) is 4.30. The van der Waals surface area contributed by atoms with E-state index in [1.165, 1.54) is 0 Å². The highest BCUT2D eigenvalue weighted by molar-refractivity contribution is 5.98. The number of carbonyl (C=O) groups is 2. The van der Waals surface area contributed by atoms with Crippen molar-refractivity contribution in [1.82, 2.24) is 19.9 Å². The van der Waals surface area contributed by atoms with Crippen LogP contribution in [0.15, 0.2) is 79.3 Å². The van der Waals surface area contributed by atoms with Crippen LogP contribution in [0.1, 0.15) is 24.2 Å². The van der Waals surface area contributed by atoms with Crippen LogP contribution in [-0.2, 0) is 9.59 Å². The molecule has 2 aromatic heterocycles. The third-order valence-electron chi connectivity index (χ3n) is 5.14. The number of anilines is 1. The van der Waals surface area contributed by atoms with E-state index in [0.29, 0.717) is 11.4 Å². The van der Waals surface area contributed by atoms with Crippen molar-refractivity contribution in [3.05, 3.63) is 90.5 Å². The minimum atomic E-state index is -0.742. The summed E-state index contributed by atoms with van der Waals surface area (Å²) >= 11 is 0. The maximum Gasteiger partial charge on any atom is 0.248 e. The normalized spacial score (nSPS) is 12.8. The van der Waals surface area contributed by atoms with E-state index in [9.17, 15) is 9.59 Å². The van der Waals surface area contributed by atoms with Crippen LogP contribution < -0.4 is 10.6 Å². The summed E-state index contributed by atoms with van der Waals surface area (Å²) in [7, 11) is 0. The van der Waals surface area contributed by atoms with Gasteiger partial charge in [0.1, 0.15) is 12.1 Å². The van der Waals surface area contributed by atoms with Gasteiger partial charge in [-0.25, -0.2) is 4.98 Å². The standard InChI is InChI=1S/C24H23N5O2/c1-16-19(12-8-14-25-16)28-23(30)17(2)27-24(31)22(18-9-4-3-5-10-18)29-15-26-20-11-6-7-13-21(20)29/h3-15,17,22H,1-2H3,(H,27,31)(H,28,30)/t17-,22?/m0/s1. The Kier molecular flexibility index (Phi) is 5.75. The molecule has 156 valence electrons. The van der Waals surface area contributed by atoms with E-state index in [1.807, 2.05) is 66.1 Å². The molecule has 0 fully saturated rings. The first-order chi connectivity index (χ1) is 15.0. The monoisotopic (exact) mass is 413 g/mol. The maximum atomic E-state index is 13.4. The molecule has 1 unspecified atom stereocenters. The molecule has 31 heavy (non-hydrogen) atoms. The summed E-state index contributed by atoms with van der Waals surface area (Å²) < 4.78 is 1.83. The average molecular weight is 413 g/mol. The third-order valence-corrected chi connectivity index (χ3v) is 5.14. The van der Waals surface area contributed by atoms with Crippen molar-refractivity contribution < 1.29 is 9.59 Å². The summed E-state index contributed by atoms with van der Waals surface area (Å²) in [6, 6.07) is 19.2. The van der Waals surface area contributed by atoms with Gasteiger partial charge in [0.05, 0.1) is 28.7 Å². The van der Waals surface area contributed by atoms with Crippen LogP contribution in [0.5, 0.6) is 0 Å². The molecule has 2 heterocycles. The number of aryl methyl sites for hydroxylation is 1. The molecule has 2 amide bonds. The first-order valence-corrected chi connectivity index (χ1v) is 10.0. The SMILES string of the molecule is Cc1ncccc1NC(=O)[C@H](C)NC(=O)C(c1ccccc1)n1cnc2ccccc21. The Morgan fingerprint density at radius 3 is 2.42 bits per heavy atom. The lowest BCUT2D eigenvalue weighted by Gasteiger charge is -2.22. The number of carbonyl (C=O) groups excluding carboxylic acids is 2. The molecule has 2 atom stereocenters. The number of imidazole rings is 1. The second-order valence-corrected chi connectivity index (χ2v) is 7.31. The number of pyridine rings is 1. The van der Waals surface area contributed by atoms with Gasteiger partial charge >= 0.3 is 0 Å². The van der Waals surface area contributed by atoms with Gasteiger partial charge in [-0.05, 0) is 43.7 Å². The molecule has 0 spiro atoms. The zero-order valence-corrected chi connectivity index (χ0v) is 17.3. The van der Waals surface area contributed by atoms with Gasteiger partial charge in [0.15, 0.2) is 0 Å². The van der Waals surface area contributed by atoms with E-state index in [0.717, 1.165) is 16.6 Å². The summed E-state index contributed by atoms with van der Waals surface area (Å²) in [4.78, 5) is 34.6. The highest BCUT2D eigenvalue weighted by Gasteiger charge is 2.27. The largest absolute Gasteiger partial charge is 0.342 e. The van der Waals surface area contributed by atoms with Crippen LogP contribution in [0.25, 0.3) is 11.0 Å². The fraction of sp³-hybridized carbons (Fsp3) is 0.167. The number of nitrogens with one attached hydrogen (secondary N) is 2. The van der Waals surface area contributed by atoms with E-state index in [-0.39, 0.29) is 11.8 Å². The summed E-state index contributed by atoms with van der Waals surface area (Å²) in [5, 5.41) is 5.67. The van der Waals surface area contributed by atoms with E-state index in [4.69, 9.17) is 0 Å². The molecule has 0 saturated heterocycles. The van der Waals surface area contributed by atoms with Crippen LogP contribution in [-0.4, -0.2) is 32.4 Å². The van der Waals surface area contributed by atoms with Gasteiger partial charge in [0.2, 0.25) is 11.8 Å². The van der Waals surface area contributed by atoms with Gasteiger partial charge in [0, 0.05) is 6.20 Å². The number of hydrogen-bond acceptors (Lipinski definition) is 4. The molecule has 0 aliphatic heterocycles. The van der Waals surface area contributed by atoms with Gasteiger partial charge in [-0.3, -0.25) is 14.6 Å². The van der Waals surface area contributed by atoms with Gasteiger partial charge in [-0.15, -0.1) is 0 Å². The van der Waals surface area contributed by atoms with Crippen molar-refractivity contribution in [2.75, 3.05) is 5.32 Å². The Bertz CT molecular complexity index is 1220. The molecule has 4 rings (SSSR count). The lowest BCUT2D eigenvalue weighted by atomic mass is 10.1. The fourth-order valence-electron chi connectivity index (χ4n) is 3.47. The second kappa shape index (κ2) is 8.79. The quantitative estimate of drug-likeness (QED) is 0.507. The lowest BCUT2D eigenvalue weighted by Crippen LogP contribution is -2.45. The molecular weight excluding hydrogens is 390 g/mol. The van der Waals surface area contributed by atoms with Crippen LogP contribution in [0.3, 0.4) is 0 Å². The average Bonchev–Trinajstić information content (AvgIpc) is 3.20. The van der Waals surface area contributed by atoms with Crippen molar-refractivity contribution in [3.63, 3.8) is 0 Å². The predicted octanol–water partition coefficient (Wildman–Crippen LogP) is 3.47. The van der Waals surface area contributed by atoms with E-state index in [2.05, 4.69) is 20.6 Å². The molecule has 0 bridgehead atoms. The first kappa shape index (κ1) is 20.3. The lowest BCUT2D eigenvalue weighted by molar-refractivity contribution is -0.127. The zero-order chi connectivity index (χ0) is 21.8. The van der Waals surface area contributed by atoms with Crippen LogP contribution >= 0.6 is 0 Å². The molecule has 0 aliphatic carbocycles. The summed E-state index contributed by atoms with van der Waals surface area (Å²) in [5.41, 5.74) is 3.78. The summed E-state index contributed by atoms with van der Waals surface area (Å²) in [5.74, 6) is -0.605. The molecule has 0 radical (unpaired) electrons. The summed E-state index contributed by atoms with van der Waals surface area (Å²) in [6.45, 7) is 3.47. The zero-order valence-electron chi connectivity index (χ0n) is 17.3. The predicted molar refractivity (Wildman–Crippen MR) is 120 cm³/mol. The minimum absolute atomic E-state index is 0.292. The van der Waals surface area contributed by atoms with Crippen LogP contribution in [0, 0.1) is 6.92 Å². The Morgan fingerprint density at radius 2 is 1.65 bits per heavy atom. The second-order valence-electron chi connectivity index (χ2n) is 7.31. The topological polar surface area (TPSA) is 88.9 Å². The van der Waals surface area contributed by atoms with Crippen molar-refractivity contribution in [2.24, 2.45) is 0 Å². The number of aromatic nitrogens is 3. The molecule has 7 nitrogen and oxygen atoms in total. The molecule has 2 aromatic carbocycles. The Morgan fingerprint density at radius 1 is 0.903 bits per heavy atom. The van der Waals surface area contributed by atoms with Crippen molar-refractivity contribution in [2.45, 2.75) is 25.9 Å². The first-order valence-electron chi connectivity index (χ1n) is 10.0. The Hall–Kier alpha value is -4.00. The molecule has 7 heteroatoms. The number of fused-ring (bicyclic) bond motifs is 1. The fourth-order valence-corrected chi connectivity index (χ4v) is 3.47. The van der Waals surface area contributed by atoms with Gasteiger partial charge in [-0.1, -0.05) is 42.5 Å². The molecular formula is C24H23N5O2. The van der Waals surface area contributed by atoms with E-state index >= 15 is 0 Å². The smallest absolute Gasteiger partial charge is 0.248 e. The minimum Gasteiger partial charge on any atom is -0.342 e. The Balaban J connectivity index is 1.59. The van der Waals surface area contributed by atoms with E-state index < -0.39 is 12.1 Å². The maximum absolute atomic E-state index is 13.4. The van der Waals surface area contributed by atoms with Gasteiger partial charge in [0.25, 0.3) is 0 Å². The molecule has 0 aliphatic rings. The number of benzene rings is 2. The van der Waals surface area contributed by atoms with Crippen molar-refractivity contribution in [3.8, 4) is 0 Å². The number of nitrogens with zero attached hydrogens (tertiary/aromatic N) is 3. The molecule has 2 N–H and O–H groups in total. The molecule has 4 aromatic rings.